The molecule has 0 atom stereocenters. The minimum absolute atomic E-state index is 0.0895. The number of nitrogens with zero attached hydrogens (tertiary/aromatic N) is 2. The Morgan fingerprint density at radius 3 is 2.30 bits per heavy atom. The van der Waals surface area contributed by atoms with E-state index in [2.05, 4.69) is 10.3 Å². The number of carbonyl (C=O) groups excluding carboxylic acids is 1. The van der Waals surface area contributed by atoms with E-state index in [0.717, 1.165) is 37.4 Å². The lowest BCUT2D eigenvalue weighted by Gasteiger charge is -2.26. The highest BCUT2D eigenvalue weighted by molar-refractivity contribution is 6.07. The molecular formula is C25H29F3N4O. The number of hydrogen-bond donors (Lipinski definition) is 2. The first-order chi connectivity index (χ1) is 15.8. The molecule has 0 spiro atoms. The summed E-state index contributed by atoms with van der Waals surface area (Å²) in [5, 5.41) is 2.72. The van der Waals surface area contributed by atoms with Gasteiger partial charge in [-0.1, -0.05) is 49.6 Å². The average Bonchev–Trinajstić information content (AvgIpc) is 2.82. The molecule has 1 amide bonds. The maximum absolute atomic E-state index is 13.7. The number of rotatable bonds is 7. The second-order valence-electron chi connectivity index (χ2n) is 8.23. The molecule has 3 N–H and O–H groups in total. The van der Waals surface area contributed by atoms with Crippen molar-refractivity contribution >= 4 is 23.0 Å². The van der Waals surface area contributed by atoms with E-state index in [-0.39, 0.29) is 23.2 Å². The van der Waals surface area contributed by atoms with Crippen LogP contribution in [0.4, 0.5) is 24.5 Å². The van der Waals surface area contributed by atoms with Gasteiger partial charge in [-0.3, -0.25) is 4.79 Å². The zero-order chi connectivity index (χ0) is 23.8. The van der Waals surface area contributed by atoms with Crippen LogP contribution in [0.2, 0.25) is 0 Å². The van der Waals surface area contributed by atoms with Gasteiger partial charge in [0.25, 0.3) is 0 Å². The molecular weight excluding hydrogens is 429 g/mol. The molecule has 33 heavy (non-hydrogen) atoms. The number of anilines is 1. The monoisotopic (exact) mass is 458 g/mol. The van der Waals surface area contributed by atoms with Crippen LogP contribution in [0.25, 0.3) is 0 Å². The predicted octanol–water partition coefficient (Wildman–Crippen LogP) is 5.77. The van der Waals surface area contributed by atoms with Gasteiger partial charge in [0.1, 0.15) is 0 Å². The van der Waals surface area contributed by atoms with Crippen molar-refractivity contribution in [3.05, 3.63) is 72.1 Å². The minimum Gasteiger partial charge on any atom is -0.403 e. The second kappa shape index (κ2) is 11.0. The van der Waals surface area contributed by atoms with E-state index in [4.69, 9.17) is 5.73 Å². The first-order valence-electron chi connectivity index (χ1n) is 11.0. The number of alkyl halides is 3. The summed E-state index contributed by atoms with van der Waals surface area (Å²) in [4.78, 5) is 18.1. The van der Waals surface area contributed by atoms with Gasteiger partial charge in [-0.15, -0.1) is 0 Å². The third-order valence-electron chi connectivity index (χ3n) is 5.67. The normalized spacial score (nSPS) is 15.9. The lowest BCUT2D eigenvalue weighted by molar-refractivity contribution is -0.135. The first kappa shape index (κ1) is 24.4. The maximum Gasteiger partial charge on any atom is 0.435 e. The third kappa shape index (κ3) is 6.84. The largest absolute Gasteiger partial charge is 0.435 e. The Bertz CT molecular complexity index is 979. The number of nitrogens with one attached hydrogen (secondary N) is 1. The average molecular weight is 459 g/mol. The van der Waals surface area contributed by atoms with Crippen LogP contribution < -0.4 is 11.1 Å². The van der Waals surface area contributed by atoms with Gasteiger partial charge in [0.15, 0.2) is 5.71 Å². The molecule has 0 unspecified atom stereocenters. The Hall–Kier alpha value is -3.29. The molecule has 2 aromatic rings. The quantitative estimate of drug-likeness (QED) is 0.517. The topological polar surface area (TPSA) is 70.7 Å². The number of aliphatic imine (C=N–C) groups is 1. The summed E-state index contributed by atoms with van der Waals surface area (Å²) in [6.45, 7) is 0.443. The van der Waals surface area contributed by atoms with Gasteiger partial charge in [-0.25, -0.2) is 4.99 Å². The number of carbonyl (C=O) groups is 1. The van der Waals surface area contributed by atoms with Gasteiger partial charge in [0.2, 0.25) is 5.91 Å². The fourth-order valence-electron chi connectivity index (χ4n) is 3.95. The highest BCUT2D eigenvalue weighted by Gasteiger charge is 2.38. The van der Waals surface area contributed by atoms with Crippen LogP contribution in [0, 0.1) is 5.92 Å². The number of nitrogens with two attached hydrogens (primary N) is 1. The van der Waals surface area contributed by atoms with Gasteiger partial charge in [-0.05, 0) is 42.7 Å². The van der Waals surface area contributed by atoms with Crippen molar-refractivity contribution in [3.63, 3.8) is 0 Å². The zero-order valence-corrected chi connectivity index (χ0v) is 18.6. The molecule has 0 saturated heterocycles. The lowest BCUT2D eigenvalue weighted by atomic mass is 9.88. The van der Waals surface area contributed by atoms with Gasteiger partial charge in [0, 0.05) is 31.4 Å². The summed E-state index contributed by atoms with van der Waals surface area (Å²) in [5.41, 5.74) is 5.56. The molecule has 1 saturated carbocycles. The summed E-state index contributed by atoms with van der Waals surface area (Å²) in [6, 6.07) is 14.8. The Morgan fingerprint density at radius 1 is 1.09 bits per heavy atom. The highest BCUT2D eigenvalue weighted by atomic mass is 19.4. The van der Waals surface area contributed by atoms with Gasteiger partial charge >= 0.3 is 6.18 Å². The number of benzene rings is 2. The number of allylic oxidation sites excluding steroid dienone is 1. The van der Waals surface area contributed by atoms with Crippen molar-refractivity contribution < 1.29 is 18.0 Å². The third-order valence-corrected chi connectivity index (χ3v) is 5.67. The van der Waals surface area contributed by atoms with E-state index >= 15 is 0 Å². The van der Waals surface area contributed by atoms with Gasteiger partial charge in [0.05, 0.1) is 11.4 Å². The standard InChI is InChI=1S/C25H29F3N4O/c1-32(24(33)19-8-4-2-5-9-19)17-18-12-14-21(15-13-18)30-22(16-29)23(25(26,27)28)31-20-10-6-3-7-11-20/h3,6-7,10-16,19,30H,2,4-5,8-9,17,29H2,1H3/b22-16+,31-23?. The number of hydrogen-bond acceptors (Lipinski definition) is 4. The molecule has 0 aliphatic heterocycles. The van der Waals surface area contributed by atoms with E-state index < -0.39 is 11.9 Å². The highest BCUT2D eigenvalue weighted by Crippen LogP contribution is 2.28. The molecule has 3 rings (SSSR count). The van der Waals surface area contributed by atoms with E-state index in [1.807, 2.05) is 0 Å². The molecule has 1 fully saturated rings. The van der Waals surface area contributed by atoms with Crippen LogP contribution in [-0.4, -0.2) is 29.7 Å². The van der Waals surface area contributed by atoms with E-state index in [0.29, 0.717) is 12.2 Å². The Morgan fingerprint density at radius 2 is 1.73 bits per heavy atom. The zero-order valence-electron chi connectivity index (χ0n) is 18.6. The molecule has 0 radical (unpaired) electrons. The molecule has 0 bridgehead atoms. The van der Waals surface area contributed by atoms with Crippen LogP contribution in [0.5, 0.6) is 0 Å². The van der Waals surface area contributed by atoms with Crippen LogP contribution in [0.3, 0.4) is 0 Å². The number of para-hydroxylation sites is 1. The molecule has 2 aromatic carbocycles. The predicted molar refractivity (Wildman–Crippen MR) is 125 cm³/mol. The summed E-state index contributed by atoms with van der Waals surface area (Å²) in [7, 11) is 1.79. The van der Waals surface area contributed by atoms with E-state index in [1.54, 1.807) is 54.4 Å². The summed E-state index contributed by atoms with van der Waals surface area (Å²) in [6.07, 6.45) is 1.41. The Balaban J connectivity index is 1.69. The molecule has 0 aromatic heterocycles. The SMILES string of the molecule is CN(Cc1ccc(N/C(=C/N)C(=Nc2ccccc2)C(F)(F)F)cc1)C(=O)C1CCCCC1. The fraction of sp³-hybridized carbons (Fsp3) is 0.360. The molecule has 1 aliphatic carbocycles. The fourth-order valence-corrected chi connectivity index (χ4v) is 3.95. The smallest absolute Gasteiger partial charge is 0.403 e. The molecule has 1 aliphatic rings. The maximum atomic E-state index is 13.7. The van der Waals surface area contributed by atoms with Crippen molar-refractivity contribution in [1.82, 2.24) is 4.90 Å². The van der Waals surface area contributed by atoms with Crippen LogP contribution in [0.1, 0.15) is 37.7 Å². The molecule has 176 valence electrons. The van der Waals surface area contributed by atoms with Crippen molar-refractivity contribution in [1.29, 1.82) is 0 Å². The number of halogens is 3. The van der Waals surface area contributed by atoms with Crippen molar-refractivity contribution in [2.45, 2.75) is 44.8 Å². The van der Waals surface area contributed by atoms with Crippen molar-refractivity contribution in [2.24, 2.45) is 16.6 Å². The second-order valence-corrected chi connectivity index (χ2v) is 8.23. The summed E-state index contributed by atoms with van der Waals surface area (Å²) >= 11 is 0. The first-order valence-corrected chi connectivity index (χ1v) is 11.0. The molecule has 5 nitrogen and oxygen atoms in total. The van der Waals surface area contributed by atoms with E-state index in [1.165, 1.54) is 18.6 Å². The van der Waals surface area contributed by atoms with Crippen LogP contribution in [0.15, 0.2) is 71.5 Å². The Labute approximate surface area is 192 Å². The number of amides is 1. The van der Waals surface area contributed by atoms with Crippen molar-refractivity contribution in [3.8, 4) is 0 Å². The van der Waals surface area contributed by atoms with Crippen molar-refractivity contribution in [2.75, 3.05) is 12.4 Å². The Kier molecular flexibility index (Phi) is 8.14. The minimum atomic E-state index is -4.70. The molecule has 8 heteroatoms. The lowest BCUT2D eigenvalue weighted by Crippen LogP contribution is -2.33. The van der Waals surface area contributed by atoms with Crippen LogP contribution in [-0.2, 0) is 11.3 Å². The molecule has 0 heterocycles. The van der Waals surface area contributed by atoms with Crippen LogP contribution >= 0.6 is 0 Å². The summed E-state index contributed by atoms with van der Waals surface area (Å²) in [5.74, 6) is 0.240. The van der Waals surface area contributed by atoms with E-state index in [9.17, 15) is 18.0 Å². The van der Waals surface area contributed by atoms with Gasteiger partial charge in [-0.2, -0.15) is 13.2 Å². The van der Waals surface area contributed by atoms with Gasteiger partial charge < -0.3 is 16.0 Å². The summed E-state index contributed by atoms with van der Waals surface area (Å²) < 4.78 is 41.0.